The van der Waals surface area contributed by atoms with Gasteiger partial charge in [0.25, 0.3) is 5.91 Å². The van der Waals surface area contributed by atoms with Gasteiger partial charge in [-0.3, -0.25) is 4.79 Å². The van der Waals surface area contributed by atoms with Crippen LogP contribution in [0.4, 0.5) is 0 Å². The van der Waals surface area contributed by atoms with Gasteiger partial charge in [-0.15, -0.1) is 36.2 Å². The molecule has 0 radical (unpaired) electrons. The third-order valence-corrected chi connectivity index (χ3v) is 3.53. The van der Waals surface area contributed by atoms with Gasteiger partial charge in [-0.25, -0.2) is 4.98 Å². The lowest BCUT2D eigenvalue weighted by Gasteiger charge is -2.05. The maximum Gasteiger partial charge on any atom is 0.270 e. The van der Waals surface area contributed by atoms with Gasteiger partial charge in [0.15, 0.2) is 0 Å². The lowest BCUT2D eigenvalue weighted by Crippen LogP contribution is -2.29. The van der Waals surface area contributed by atoms with Crippen molar-refractivity contribution in [1.29, 1.82) is 0 Å². The van der Waals surface area contributed by atoms with Crippen molar-refractivity contribution in [3.05, 3.63) is 41.4 Å². The maximum absolute atomic E-state index is 11.9. The number of carbonyl (C=O) groups excluding carboxylic acids is 1. The third-order valence-electron chi connectivity index (χ3n) is 2.64. The number of nitrogens with two attached hydrogens (primary N) is 1. The Labute approximate surface area is 141 Å². The SMILES string of the molecule is CC(N)CCNC(=O)c1csc(-c2ccccc2)n1.Cl.Cl. The zero-order chi connectivity index (χ0) is 13.7. The molecule has 1 amide bonds. The van der Waals surface area contributed by atoms with Crippen molar-refractivity contribution in [2.75, 3.05) is 6.54 Å². The Morgan fingerprint density at radius 1 is 1.33 bits per heavy atom. The molecule has 0 fully saturated rings. The summed E-state index contributed by atoms with van der Waals surface area (Å²) >= 11 is 1.47. The van der Waals surface area contributed by atoms with Gasteiger partial charge in [0.1, 0.15) is 10.7 Å². The molecule has 1 heterocycles. The number of thiazole rings is 1. The zero-order valence-electron chi connectivity index (χ0n) is 11.6. The summed E-state index contributed by atoms with van der Waals surface area (Å²) in [6, 6.07) is 9.93. The second-order valence-corrected chi connectivity index (χ2v) is 5.28. The Balaban J connectivity index is 0.00000200. The van der Waals surface area contributed by atoms with E-state index >= 15 is 0 Å². The van der Waals surface area contributed by atoms with Crippen LogP contribution < -0.4 is 11.1 Å². The first kappa shape index (κ1) is 19.9. The van der Waals surface area contributed by atoms with Gasteiger partial charge in [-0.1, -0.05) is 30.3 Å². The van der Waals surface area contributed by atoms with E-state index in [1.54, 1.807) is 5.38 Å². The van der Waals surface area contributed by atoms with Crippen molar-refractivity contribution < 1.29 is 4.79 Å². The first-order chi connectivity index (χ1) is 9.16. The zero-order valence-corrected chi connectivity index (χ0v) is 14.1. The first-order valence-electron chi connectivity index (χ1n) is 6.21. The van der Waals surface area contributed by atoms with Crippen LogP contribution in [0.15, 0.2) is 35.7 Å². The molecule has 0 bridgehead atoms. The molecule has 0 saturated carbocycles. The van der Waals surface area contributed by atoms with Gasteiger partial charge in [-0.2, -0.15) is 0 Å². The van der Waals surface area contributed by atoms with Gasteiger partial charge in [0.2, 0.25) is 0 Å². The Kier molecular flexibility index (Phi) is 9.21. The quantitative estimate of drug-likeness (QED) is 0.872. The number of nitrogens with one attached hydrogen (secondary N) is 1. The number of aromatic nitrogens is 1. The van der Waals surface area contributed by atoms with Crippen LogP contribution in [-0.2, 0) is 0 Å². The molecule has 0 saturated heterocycles. The fraction of sp³-hybridized carbons (Fsp3) is 0.286. The van der Waals surface area contributed by atoms with E-state index in [1.807, 2.05) is 37.3 Å². The molecular weight excluding hydrogens is 329 g/mol. The van der Waals surface area contributed by atoms with Crippen LogP contribution in [0, 0.1) is 0 Å². The predicted molar refractivity (Wildman–Crippen MR) is 92.6 cm³/mol. The summed E-state index contributed by atoms with van der Waals surface area (Å²) in [7, 11) is 0. The fourth-order valence-electron chi connectivity index (χ4n) is 1.60. The minimum absolute atomic E-state index is 0. The molecule has 1 aromatic heterocycles. The summed E-state index contributed by atoms with van der Waals surface area (Å²) in [5.41, 5.74) is 7.13. The van der Waals surface area contributed by atoms with Crippen LogP contribution in [0.1, 0.15) is 23.8 Å². The predicted octanol–water partition coefficient (Wildman–Crippen LogP) is 3.12. The maximum atomic E-state index is 11.9. The largest absolute Gasteiger partial charge is 0.351 e. The van der Waals surface area contributed by atoms with Crippen molar-refractivity contribution >= 4 is 42.1 Å². The molecular formula is C14H19Cl2N3OS. The smallest absolute Gasteiger partial charge is 0.270 e. The second-order valence-electron chi connectivity index (χ2n) is 4.43. The van der Waals surface area contributed by atoms with Crippen molar-refractivity contribution in [3.63, 3.8) is 0 Å². The lowest BCUT2D eigenvalue weighted by atomic mass is 10.2. The number of hydrogen-bond donors (Lipinski definition) is 2. The van der Waals surface area contributed by atoms with E-state index in [9.17, 15) is 4.79 Å². The number of halogens is 2. The Morgan fingerprint density at radius 3 is 2.62 bits per heavy atom. The number of amides is 1. The average molecular weight is 348 g/mol. The Morgan fingerprint density at radius 2 is 2.00 bits per heavy atom. The summed E-state index contributed by atoms with van der Waals surface area (Å²) in [5, 5.41) is 5.46. The van der Waals surface area contributed by atoms with E-state index in [-0.39, 0.29) is 36.8 Å². The molecule has 2 rings (SSSR count). The van der Waals surface area contributed by atoms with E-state index in [1.165, 1.54) is 11.3 Å². The monoisotopic (exact) mass is 347 g/mol. The minimum Gasteiger partial charge on any atom is -0.351 e. The van der Waals surface area contributed by atoms with Gasteiger partial charge >= 0.3 is 0 Å². The minimum atomic E-state index is -0.140. The number of rotatable bonds is 5. The fourth-order valence-corrected chi connectivity index (χ4v) is 2.40. The molecule has 21 heavy (non-hydrogen) atoms. The van der Waals surface area contributed by atoms with Crippen LogP contribution in [0.2, 0.25) is 0 Å². The Hall–Kier alpha value is -1.14. The first-order valence-corrected chi connectivity index (χ1v) is 7.09. The van der Waals surface area contributed by atoms with Crippen LogP contribution in [-0.4, -0.2) is 23.5 Å². The standard InChI is InChI=1S/C14H17N3OS.2ClH/c1-10(15)7-8-16-13(18)12-9-19-14(17-12)11-5-3-2-4-6-11;;/h2-6,9-10H,7-8,15H2,1H3,(H,16,18);2*1H. The molecule has 2 aromatic rings. The summed E-state index contributed by atoms with van der Waals surface area (Å²) < 4.78 is 0. The van der Waals surface area contributed by atoms with Gasteiger partial charge in [0, 0.05) is 23.5 Å². The normalized spacial score (nSPS) is 11.0. The summed E-state index contributed by atoms with van der Waals surface area (Å²) in [6.07, 6.45) is 0.765. The second kappa shape index (κ2) is 9.73. The molecule has 1 aromatic carbocycles. The topological polar surface area (TPSA) is 68.0 Å². The number of hydrogen-bond acceptors (Lipinski definition) is 4. The molecule has 1 atom stereocenters. The van der Waals surface area contributed by atoms with Crippen molar-refractivity contribution in [2.24, 2.45) is 5.73 Å². The van der Waals surface area contributed by atoms with Gasteiger partial charge in [-0.05, 0) is 13.3 Å². The highest BCUT2D eigenvalue weighted by atomic mass is 35.5. The third kappa shape index (κ3) is 6.01. The van der Waals surface area contributed by atoms with Gasteiger partial charge in [0.05, 0.1) is 0 Å². The molecule has 0 aliphatic heterocycles. The van der Waals surface area contributed by atoms with Crippen LogP contribution >= 0.6 is 36.2 Å². The van der Waals surface area contributed by atoms with Crippen LogP contribution in [0.5, 0.6) is 0 Å². The molecule has 7 heteroatoms. The highest BCUT2D eigenvalue weighted by Gasteiger charge is 2.11. The van der Waals surface area contributed by atoms with E-state index in [0.717, 1.165) is 17.0 Å². The van der Waals surface area contributed by atoms with Crippen molar-refractivity contribution in [2.45, 2.75) is 19.4 Å². The molecule has 1 unspecified atom stereocenters. The molecule has 4 nitrogen and oxygen atoms in total. The molecule has 3 N–H and O–H groups in total. The lowest BCUT2D eigenvalue weighted by molar-refractivity contribution is 0.0948. The van der Waals surface area contributed by atoms with E-state index in [2.05, 4.69) is 10.3 Å². The van der Waals surface area contributed by atoms with E-state index in [0.29, 0.717) is 12.2 Å². The van der Waals surface area contributed by atoms with Crippen molar-refractivity contribution in [1.82, 2.24) is 10.3 Å². The van der Waals surface area contributed by atoms with E-state index < -0.39 is 0 Å². The number of benzene rings is 1. The summed E-state index contributed by atoms with van der Waals surface area (Å²) in [5.74, 6) is -0.140. The van der Waals surface area contributed by atoms with Crippen molar-refractivity contribution in [3.8, 4) is 10.6 Å². The summed E-state index contributed by atoms with van der Waals surface area (Å²) in [4.78, 5) is 16.2. The van der Waals surface area contributed by atoms with Crippen LogP contribution in [0.25, 0.3) is 10.6 Å². The number of carbonyl (C=O) groups is 1. The molecule has 0 aliphatic carbocycles. The van der Waals surface area contributed by atoms with E-state index in [4.69, 9.17) is 5.73 Å². The van der Waals surface area contributed by atoms with Crippen LogP contribution in [0.3, 0.4) is 0 Å². The molecule has 0 aliphatic rings. The highest BCUT2D eigenvalue weighted by molar-refractivity contribution is 7.13. The molecule has 0 spiro atoms. The summed E-state index contributed by atoms with van der Waals surface area (Å²) in [6.45, 7) is 2.50. The van der Waals surface area contributed by atoms with Gasteiger partial charge < -0.3 is 11.1 Å². The Bertz CT molecular complexity index is 546. The highest BCUT2D eigenvalue weighted by Crippen LogP contribution is 2.23. The molecule has 116 valence electrons. The number of nitrogens with zero attached hydrogens (tertiary/aromatic N) is 1. The average Bonchev–Trinajstić information content (AvgIpc) is 2.89.